The van der Waals surface area contributed by atoms with Crippen molar-refractivity contribution in [2.45, 2.75) is 65.2 Å². The number of amides is 1. The molecule has 1 amide bonds. The number of hydrogen-bond donors (Lipinski definition) is 0. The first-order valence-corrected chi connectivity index (χ1v) is 11.8. The molecule has 1 aromatic rings. The van der Waals surface area contributed by atoms with Crippen LogP contribution in [-0.2, 0) is 20.6 Å². The van der Waals surface area contributed by atoms with Crippen LogP contribution < -0.4 is 10.4 Å². The van der Waals surface area contributed by atoms with Gasteiger partial charge in [0.2, 0.25) is 0 Å². The molecule has 2 heterocycles. The van der Waals surface area contributed by atoms with Gasteiger partial charge in [0, 0.05) is 38.4 Å². The second-order valence-electron chi connectivity index (χ2n) is 10.2. The van der Waals surface area contributed by atoms with Gasteiger partial charge in [0.1, 0.15) is 0 Å². The lowest BCUT2D eigenvalue weighted by molar-refractivity contribution is 0.00578. The predicted octanol–water partition coefficient (Wildman–Crippen LogP) is 3.11. The largest absolute Gasteiger partial charge is 0.494 e. The van der Waals surface area contributed by atoms with Gasteiger partial charge < -0.3 is 28.7 Å². The van der Waals surface area contributed by atoms with E-state index in [1.807, 2.05) is 4.90 Å². The summed E-state index contributed by atoms with van der Waals surface area (Å²) in [5.74, 6) is 0. The molecular formula is C24H40BN3O4. The van der Waals surface area contributed by atoms with Crippen molar-refractivity contribution in [1.82, 2.24) is 9.80 Å². The van der Waals surface area contributed by atoms with Gasteiger partial charge in [-0.2, -0.15) is 0 Å². The Labute approximate surface area is 194 Å². The molecule has 2 aliphatic rings. The fourth-order valence-corrected chi connectivity index (χ4v) is 4.03. The summed E-state index contributed by atoms with van der Waals surface area (Å²) in [7, 11) is 3.79. The van der Waals surface area contributed by atoms with Crippen molar-refractivity contribution < 1.29 is 18.8 Å². The summed E-state index contributed by atoms with van der Waals surface area (Å²) in [4.78, 5) is 18.6. The minimum atomic E-state index is -0.371. The Morgan fingerprint density at radius 1 is 1.09 bits per heavy atom. The molecule has 32 heavy (non-hydrogen) atoms. The smallest absolute Gasteiger partial charge is 0.449 e. The zero-order chi connectivity index (χ0) is 23.5. The van der Waals surface area contributed by atoms with Crippen LogP contribution in [0.4, 0.5) is 10.5 Å². The highest BCUT2D eigenvalue weighted by Gasteiger charge is 2.51. The molecule has 0 spiro atoms. The van der Waals surface area contributed by atoms with E-state index in [9.17, 15) is 4.79 Å². The first-order chi connectivity index (χ1) is 15.0. The van der Waals surface area contributed by atoms with Gasteiger partial charge in [-0.15, -0.1) is 0 Å². The normalized spacial score (nSPS) is 20.2. The third-order valence-electron chi connectivity index (χ3n) is 6.72. The van der Waals surface area contributed by atoms with E-state index >= 15 is 0 Å². The third-order valence-corrected chi connectivity index (χ3v) is 6.72. The lowest BCUT2D eigenvalue weighted by atomic mass is 9.78. The first kappa shape index (κ1) is 24.9. The molecule has 7 nitrogen and oxygen atoms in total. The Morgan fingerprint density at radius 2 is 1.72 bits per heavy atom. The van der Waals surface area contributed by atoms with Crippen LogP contribution in [0.25, 0.3) is 0 Å². The van der Waals surface area contributed by atoms with Gasteiger partial charge in [-0.3, -0.25) is 0 Å². The summed E-state index contributed by atoms with van der Waals surface area (Å²) in [5.41, 5.74) is 2.77. The highest BCUT2D eigenvalue weighted by Crippen LogP contribution is 2.36. The van der Waals surface area contributed by atoms with Crippen LogP contribution in [0.15, 0.2) is 18.2 Å². The van der Waals surface area contributed by atoms with Gasteiger partial charge in [-0.25, -0.2) is 4.79 Å². The summed E-state index contributed by atoms with van der Waals surface area (Å²) in [6.45, 7) is 14.7. The van der Waals surface area contributed by atoms with E-state index in [0.29, 0.717) is 19.7 Å². The minimum Gasteiger partial charge on any atom is -0.449 e. The van der Waals surface area contributed by atoms with E-state index < -0.39 is 0 Å². The van der Waals surface area contributed by atoms with Crippen molar-refractivity contribution in [3.63, 3.8) is 0 Å². The Bertz CT molecular complexity index is 775. The number of hydrogen-bond acceptors (Lipinski definition) is 6. The zero-order valence-electron chi connectivity index (χ0n) is 20.9. The van der Waals surface area contributed by atoms with Crippen molar-refractivity contribution in [2.75, 3.05) is 51.8 Å². The van der Waals surface area contributed by atoms with E-state index in [4.69, 9.17) is 14.0 Å². The molecule has 2 aliphatic heterocycles. The van der Waals surface area contributed by atoms with E-state index in [1.54, 1.807) is 0 Å². The highest BCUT2D eigenvalue weighted by atomic mass is 16.7. The number of unbranched alkanes of at least 4 members (excludes halogenated alkanes) is 1. The summed E-state index contributed by atoms with van der Waals surface area (Å²) in [5, 5.41) is 0. The van der Waals surface area contributed by atoms with Crippen LogP contribution in [0.2, 0.25) is 0 Å². The number of nitrogens with zero attached hydrogens (tertiary/aromatic N) is 3. The molecule has 178 valence electrons. The monoisotopic (exact) mass is 445 g/mol. The van der Waals surface area contributed by atoms with Crippen molar-refractivity contribution in [3.05, 3.63) is 23.8 Å². The van der Waals surface area contributed by atoms with Crippen molar-refractivity contribution >= 4 is 24.4 Å². The van der Waals surface area contributed by atoms with Crippen molar-refractivity contribution in [1.29, 1.82) is 0 Å². The van der Waals surface area contributed by atoms with E-state index in [-0.39, 0.29) is 24.4 Å². The van der Waals surface area contributed by atoms with Gasteiger partial charge in [0.15, 0.2) is 0 Å². The standard InChI is InChI=1S/C24H40BN3O4/c1-8-9-16-30-22(29)28-14-12-27(13-15-28)21-11-10-20(17-19(21)18-26(6)7)25-31-23(2,3)24(4,5)32-25/h10-11,17H,8-9,12-16,18H2,1-7H3. The third kappa shape index (κ3) is 5.59. The number of carbonyl (C=O) groups is 1. The molecule has 0 aromatic heterocycles. The van der Waals surface area contributed by atoms with Crippen LogP contribution in [0.1, 0.15) is 53.0 Å². The number of carbonyl (C=O) groups excluding carboxylic acids is 1. The van der Waals surface area contributed by atoms with Crippen LogP contribution in [0.3, 0.4) is 0 Å². The van der Waals surface area contributed by atoms with Crippen molar-refractivity contribution in [3.8, 4) is 0 Å². The summed E-state index contributed by atoms with van der Waals surface area (Å²) in [6.07, 6.45) is 1.74. The van der Waals surface area contributed by atoms with E-state index in [0.717, 1.165) is 37.9 Å². The number of ether oxygens (including phenoxy) is 1. The zero-order valence-corrected chi connectivity index (χ0v) is 20.9. The highest BCUT2D eigenvalue weighted by molar-refractivity contribution is 6.62. The molecule has 2 saturated heterocycles. The topological polar surface area (TPSA) is 54.5 Å². The SMILES string of the molecule is CCCCOC(=O)N1CCN(c2ccc(B3OC(C)(C)C(C)(C)O3)cc2CN(C)C)CC1. The molecule has 3 rings (SSSR count). The number of rotatable bonds is 7. The van der Waals surface area contributed by atoms with Gasteiger partial charge in [0.05, 0.1) is 17.8 Å². The lowest BCUT2D eigenvalue weighted by Crippen LogP contribution is -2.49. The fourth-order valence-electron chi connectivity index (χ4n) is 4.03. The number of piperazine rings is 1. The average Bonchev–Trinajstić information content (AvgIpc) is 2.95. The van der Waals surface area contributed by atoms with E-state index in [1.165, 1.54) is 11.3 Å². The molecule has 0 atom stereocenters. The Morgan fingerprint density at radius 3 is 2.28 bits per heavy atom. The molecule has 0 saturated carbocycles. The van der Waals surface area contributed by atoms with Crippen LogP contribution in [0.5, 0.6) is 0 Å². The lowest BCUT2D eigenvalue weighted by Gasteiger charge is -2.37. The minimum absolute atomic E-state index is 0.192. The van der Waals surface area contributed by atoms with Crippen LogP contribution in [0, 0.1) is 0 Å². The maximum absolute atomic E-state index is 12.3. The molecule has 0 unspecified atom stereocenters. The molecule has 1 aromatic carbocycles. The average molecular weight is 445 g/mol. The van der Waals surface area contributed by atoms with Gasteiger partial charge in [-0.05, 0) is 65.3 Å². The quantitative estimate of drug-likeness (QED) is 0.475. The fraction of sp³-hybridized carbons (Fsp3) is 0.708. The van der Waals surface area contributed by atoms with Crippen LogP contribution in [-0.4, -0.2) is 81.1 Å². The molecule has 0 radical (unpaired) electrons. The number of anilines is 1. The van der Waals surface area contributed by atoms with Crippen molar-refractivity contribution in [2.24, 2.45) is 0 Å². The maximum atomic E-state index is 12.3. The van der Waals surface area contributed by atoms with E-state index in [2.05, 4.69) is 76.7 Å². The predicted molar refractivity (Wildman–Crippen MR) is 130 cm³/mol. The second kappa shape index (κ2) is 10.0. The maximum Gasteiger partial charge on any atom is 0.494 e. The molecule has 8 heteroatoms. The molecule has 2 fully saturated rings. The summed E-state index contributed by atoms with van der Waals surface area (Å²) >= 11 is 0. The second-order valence-corrected chi connectivity index (χ2v) is 10.2. The summed E-state index contributed by atoms with van der Waals surface area (Å²) in [6, 6.07) is 6.50. The van der Waals surface area contributed by atoms with Gasteiger partial charge in [-0.1, -0.05) is 25.5 Å². The van der Waals surface area contributed by atoms with Gasteiger partial charge in [0.25, 0.3) is 0 Å². The number of benzene rings is 1. The van der Waals surface area contributed by atoms with Crippen LogP contribution >= 0.6 is 0 Å². The molecule has 0 aliphatic carbocycles. The van der Waals surface area contributed by atoms with Gasteiger partial charge >= 0.3 is 13.2 Å². The summed E-state index contributed by atoms with van der Waals surface area (Å²) < 4.78 is 17.9. The Kier molecular flexibility index (Phi) is 7.79. The molecular weight excluding hydrogens is 405 g/mol. The Hall–Kier alpha value is -1.77. The molecule has 0 bridgehead atoms. The Balaban J connectivity index is 1.71. The molecule has 0 N–H and O–H groups in total. The first-order valence-electron chi connectivity index (χ1n) is 11.8.